The number of nitrogens with zero attached hydrogens (tertiary/aromatic N) is 1. The van der Waals surface area contributed by atoms with Crippen molar-refractivity contribution in [3.8, 4) is 11.5 Å². The Morgan fingerprint density at radius 2 is 1.70 bits per heavy atom. The molecule has 3 heteroatoms. The van der Waals surface area contributed by atoms with Crippen molar-refractivity contribution >= 4 is 27.0 Å². The van der Waals surface area contributed by atoms with E-state index >= 15 is 0 Å². The molecule has 0 amide bonds. The van der Waals surface area contributed by atoms with Crippen molar-refractivity contribution in [2.45, 2.75) is 27.7 Å². The molecule has 0 bridgehead atoms. The zero-order valence-corrected chi connectivity index (χ0v) is 13.6. The van der Waals surface area contributed by atoms with Crippen LogP contribution in [0.25, 0.3) is 22.6 Å². The van der Waals surface area contributed by atoms with E-state index < -0.39 is 0 Å². The Hall–Kier alpha value is -1.61. The normalized spacial score (nSPS) is 11.2. The van der Waals surface area contributed by atoms with Crippen molar-refractivity contribution in [1.82, 2.24) is 4.98 Å². The fraction of sp³-hybridized carbons (Fsp3) is 0.235. The summed E-state index contributed by atoms with van der Waals surface area (Å²) in [6, 6.07) is 8.35. The fourth-order valence-electron chi connectivity index (χ4n) is 2.24. The first-order valence-corrected chi connectivity index (χ1v) is 7.40. The summed E-state index contributed by atoms with van der Waals surface area (Å²) in [5, 5.41) is 0. The number of benzene rings is 2. The Morgan fingerprint density at radius 3 is 2.40 bits per heavy atom. The highest BCUT2D eigenvalue weighted by atomic mass is 79.9. The molecule has 0 spiro atoms. The summed E-state index contributed by atoms with van der Waals surface area (Å²) >= 11 is 3.61. The maximum absolute atomic E-state index is 5.96. The summed E-state index contributed by atoms with van der Waals surface area (Å²) < 4.78 is 6.95. The van der Waals surface area contributed by atoms with Gasteiger partial charge in [-0.2, -0.15) is 0 Å². The van der Waals surface area contributed by atoms with Crippen LogP contribution < -0.4 is 0 Å². The minimum atomic E-state index is 0.675. The van der Waals surface area contributed by atoms with Gasteiger partial charge in [0.25, 0.3) is 0 Å². The van der Waals surface area contributed by atoms with Crippen LogP contribution in [0.5, 0.6) is 0 Å². The van der Waals surface area contributed by atoms with Gasteiger partial charge in [0.2, 0.25) is 5.89 Å². The van der Waals surface area contributed by atoms with Gasteiger partial charge in [-0.25, -0.2) is 4.98 Å². The lowest BCUT2D eigenvalue weighted by molar-refractivity contribution is 0.617. The van der Waals surface area contributed by atoms with Crippen LogP contribution in [0.4, 0.5) is 0 Å². The molecule has 0 saturated heterocycles. The minimum absolute atomic E-state index is 0.675. The molecule has 0 N–H and O–H groups in total. The minimum Gasteiger partial charge on any atom is -0.435 e. The molecule has 0 radical (unpaired) electrons. The third kappa shape index (κ3) is 2.06. The summed E-state index contributed by atoms with van der Waals surface area (Å²) in [6.07, 6.45) is 0. The quantitative estimate of drug-likeness (QED) is 0.589. The Morgan fingerprint density at radius 1 is 0.950 bits per heavy atom. The first kappa shape index (κ1) is 13.4. The van der Waals surface area contributed by atoms with Crippen molar-refractivity contribution in [1.29, 1.82) is 0 Å². The molecule has 0 unspecified atom stereocenters. The maximum Gasteiger partial charge on any atom is 0.227 e. The molecule has 2 aromatic carbocycles. The molecule has 0 fully saturated rings. The highest BCUT2D eigenvalue weighted by Crippen LogP contribution is 2.33. The monoisotopic (exact) mass is 329 g/mol. The number of aromatic nitrogens is 1. The van der Waals surface area contributed by atoms with Gasteiger partial charge in [-0.1, -0.05) is 6.07 Å². The number of oxazole rings is 1. The average molecular weight is 330 g/mol. The second-order valence-corrected chi connectivity index (χ2v) is 6.09. The molecular weight excluding hydrogens is 314 g/mol. The first-order chi connectivity index (χ1) is 9.47. The Labute approximate surface area is 127 Å². The SMILES string of the molecule is Cc1ccc(-c2nc3cc(C)c(C)c(Br)c3o2)cc1C. The summed E-state index contributed by atoms with van der Waals surface area (Å²) in [5.41, 5.74) is 7.67. The first-order valence-electron chi connectivity index (χ1n) is 6.61. The van der Waals surface area contributed by atoms with Gasteiger partial charge >= 0.3 is 0 Å². The Bertz CT molecular complexity index is 817. The molecule has 0 saturated carbocycles. The molecule has 102 valence electrons. The van der Waals surface area contributed by atoms with Crippen molar-refractivity contribution in [3.63, 3.8) is 0 Å². The van der Waals surface area contributed by atoms with E-state index in [0.717, 1.165) is 21.1 Å². The molecule has 2 nitrogen and oxygen atoms in total. The van der Waals surface area contributed by atoms with Gasteiger partial charge in [0.15, 0.2) is 5.58 Å². The van der Waals surface area contributed by atoms with Gasteiger partial charge in [0.1, 0.15) is 5.52 Å². The predicted octanol–water partition coefficient (Wildman–Crippen LogP) is 5.49. The van der Waals surface area contributed by atoms with Crippen molar-refractivity contribution in [2.75, 3.05) is 0 Å². The van der Waals surface area contributed by atoms with Crippen LogP contribution in [-0.4, -0.2) is 4.98 Å². The van der Waals surface area contributed by atoms with Crippen LogP contribution in [0.15, 0.2) is 33.2 Å². The van der Waals surface area contributed by atoms with Crippen LogP contribution in [0.2, 0.25) is 0 Å². The van der Waals surface area contributed by atoms with Crippen LogP contribution >= 0.6 is 15.9 Å². The molecule has 20 heavy (non-hydrogen) atoms. The third-order valence-electron chi connectivity index (χ3n) is 3.88. The maximum atomic E-state index is 5.96. The fourth-order valence-corrected chi connectivity index (χ4v) is 2.84. The van der Waals surface area contributed by atoms with Crippen LogP contribution in [0.1, 0.15) is 22.3 Å². The summed E-state index contributed by atoms with van der Waals surface area (Å²) in [7, 11) is 0. The van der Waals surface area contributed by atoms with E-state index in [1.54, 1.807) is 0 Å². The van der Waals surface area contributed by atoms with E-state index in [0.29, 0.717) is 5.89 Å². The molecule has 1 heterocycles. The van der Waals surface area contributed by atoms with Crippen LogP contribution in [0, 0.1) is 27.7 Å². The number of halogens is 1. The van der Waals surface area contributed by atoms with Gasteiger partial charge in [0, 0.05) is 5.56 Å². The predicted molar refractivity (Wildman–Crippen MR) is 86.1 cm³/mol. The lowest BCUT2D eigenvalue weighted by Gasteiger charge is -2.02. The second kappa shape index (κ2) is 4.74. The highest BCUT2D eigenvalue weighted by Gasteiger charge is 2.14. The number of fused-ring (bicyclic) bond motifs is 1. The summed E-state index contributed by atoms with van der Waals surface area (Å²) in [6.45, 7) is 8.38. The lowest BCUT2D eigenvalue weighted by Crippen LogP contribution is -1.83. The molecule has 0 aliphatic carbocycles. The van der Waals surface area contributed by atoms with E-state index in [1.165, 1.54) is 22.3 Å². The van der Waals surface area contributed by atoms with Crippen molar-refractivity contribution < 1.29 is 4.42 Å². The molecule has 3 rings (SSSR count). The smallest absolute Gasteiger partial charge is 0.227 e. The van der Waals surface area contributed by atoms with Gasteiger partial charge in [-0.05, 0) is 84.1 Å². The van der Waals surface area contributed by atoms with E-state index in [2.05, 4.69) is 72.9 Å². The molecule has 0 aliphatic rings. The molecule has 0 atom stereocenters. The summed E-state index contributed by atoms with van der Waals surface area (Å²) in [5.74, 6) is 0.675. The van der Waals surface area contributed by atoms with Crippen LogP contribution in [0.3, 0.4) is 0 Å². The third-order valence-corrected chi connectivity index (χ3v) is 4.84. The number of aryl methyl sites for hydroxylation is 3. The molecular formula is C17H16BrNO. The number of hydrogen-bond acceptors (Lipinski definition) is 2. The number of rotatable bonds is 1. The summed E-state index contributed by atoms with van der Waals surface area (Å²) in [4.78, 5) is 4.62. The van der Waals surface area contributed by atoms with E-state index in [9.17, 15) is 0 Å². The molecule has 0 aliphatic heterocycles. The zero-order valence-electron chi connectivity index (χ0n) is 12.0. The van der Waals surface area contributed by atoms with E-state index in [4.69, 9.17) is 4.42 Å². The standard InChI is InChI=1S/C17H16BrNO/c1-9-5-6-13(7-10(9)2)17-19-14-8-11(3)12(4)15(18)16(14)20-17/h5-8H,1-4H3. The van der Waals surface area contributed by atoms with E-state index in [-0.39, 0.29) is 0 Å². The van der Waals surface area contributed by atoms with Crippen molar-refractivity contribution in [3.05, 3.63) is 51.0 Å². The van der Waals surface area contributed by atoms with Crippen molar-refractivity contribution in [2.24, 2.45) is 0 Å². The van der Waals surface area contributed by atoms with Gasteiger partial charge < -0.3 is 4.42 Å². The van der Waals surface area contributed by atoms with Gasteiger partial charge in [-0.15, -0.1) is 0 Å². The Balaban J connectivity index is 2.23. The van der Waals surface area contributed by atoms with E-state index in [1.807, 2.05) is 0 Å². The zero-order chi connectivity index (χ0) is 14.4. The van der Waals surface area contributed by atoms with Crippen LogP contribution in [-0.2, 0) is 0 Å². The number of hydrogen-bond donors (Lipinski definition) is 0. The highest BCUT2D eigenvalue weighted by molar-refractivity contribution is 9.10. The lowest BCUT2D eigenvalue weighted by atomic mass is 10.1. The molecule has 3 aromatic rings. The Kier molecular flexibility index (Phi) is 3.17. The topological polar surface area (TPSA) is 26.0 Å². The second-order valence-electron chi connectivity index (χ2n) is 5.30. The van der Waals surface area contributed by atoms with Gasteiger partial charge in [-0.3, -0.25) is 0 Å². The van der Waals surface area contributed by atoms with Gasteiger partial charge in [0.05, 0.1) is 4.47 Å². The molecule has 1 aromatic heterocycles. The largest absolute Gasteiger partial charge is 0.435 e. The average Bonchev–Trinajstić information content (AvgIpc) is 2.83.